The first-order chi connectivity index (χ1) is 7.07. The zero-order chi connectivity index (χ0) is 11.7. The first-order valence-electron chi connectivity index (χ1n) is 5.06. The van der Waals surface area contributed by atoms with Crippen LogP contribution in [0.3, 0.4) is 0 Å². The molecule has 0 aliphatic rings. The van der Waals surface area contributed by atoms with Gasteiger partial charge in [-0.3, -0.25) is 9.59 Å². The van der Waals surface area contributed by atoms with Crippen LogP contribution in [-0.4, -0.2) is 31.6 Å². The molecule has 0 aromatic heterocycles. The molecule has 0 unspecified atom stereocenters. The van der Waals surface area contributed by atoms with Crippen molar-refractivity contribution in [1.82, 2.24) is 5.32 Å². The molecule has 0 saturated heterocycles. The van der Waals surface area contributed by atoms with E-state index >= 15 is 0 Å². The van der Waals surface area contributed by atoms with Gasteiger partial charge in [0.25, 0.3) is 0 Å². The van der Waals surface area contributed by atoms with Crippen LogP contribution in [0.25, 0.3) is 0 Å². The van der Waals surface area contributed by atoms with E-state index in [2.05, 4.69) is 5.32 Å². The second-order valence-electron chi connectivity index (χ2n) is 3.23. The van der Waals surface area contributed by atoms with Crippen LogP contribution >= 0.6 is 0 Å². The summed E-state index contributed by atoms with van der Waals surface area (Å²) in [5.41, 5.74) is 5.05. The van der Waals surface area contributed by atoms with Crippen LogP contribution in [0, 0.1) is 12.3 Å². The summed E-state index contributed by atoms with van der Waals surface area (Å²) in [6.45, 7) is 5.20. The molecule has 15 heavy (non-hydrogen) atoms. The Morgan fingerprint density at radius 1 is 1.53 bits per heavy atom. The molecule has 5 heteroatoms. The van der Waals surface area contributed by atoms with Crippen molar-refractivity contribution in [2.24, 2.45) is 11.7 Å². The van der Waals surface area contributed by atoms with E-state index < -0.39 is 5.91 Å². The number of hydrogen-bond donors (Lipinski definition) is 2. The van der Waals surface area contributed by atoms with Crippen LogP contribution in [-0.2, 0) is 14.3 Å². The average Bonchev–Trinajstić information content (AvgIpc) is 2.20. The fraction of sp³-hybridized carbons (Fsp3) is 0.700. The normalized spacial score (nSPS) is 12.1. The van der Waals surface area contributed by atoms with Gasteiger partial charge in [0, 0.05) is 19.1 Å². The van der Waals surface area contributed by atoms with E-state index in [1.165, 1.54) is 6.42 Å². The molecule has 0 bridgehead atoms. The number of rotatable bonds is 8. The molecule has 87 valence electrons. The molecule has 0 spiro atoms. The summed E-state index contributed by atoms with van der Waals surface area (Å²) in [4.78, 5) is 21.8. The Morgan fingerprint density at radius 3 is 2.73 bits per heavy atom. The van der Waals surface area contributed by atoms with E-state index in [1.54, 1.807) is 6.92 Å². The van der Waals surface area contributed by atoms with Gasteiger partial charge in [0.05, 0.1) is 13.0 Å². The Bertz CT molecular complexity index is 207. The Hall–Kier alpha value is -1.10. The number of amides is 2. The highest BCUT2D eigenvalue weighted by Gasteiger charge is 2.11. The molecular formula is C10H19N2O3. The molecule has 1 atom stereocenters. The third-order valence-electron chi connectivity index (χ3n) is 1.89. The molecule has 0 heterocycles. The molecule has 0 aliphatic heterocycles. The maximum Gasteiger partial charge on any atom is 0.224 e. The third kappa shape index (κ3) is 7.93. The maximum absolute atomic E-state index is 11.2. The van der Waals surface area contributed by atoms with E-state index in [0.717, 1.165) is 0 Å². The molecule has 0 aliphatic carbocycles. The topological polar surface area (TPSA) is 81.4 Å². The van der Waals surface area contributed by atoms with Crippen molar-refractivity contribution in [3.8, 4) is 0 Å². The highest BCUT2D eigenvalue weighted by Crippen LogP contribution is 2.02. The van der Waals surface area contributed by atoms with Crippen molar-refractivity contribution >= 4 is 11.8 Å². The van der Waals surface area contributed by atoms with Crippen molar-refractivity contribution in [3.05, 3.63) is 6.42 Å². The van der Waals surface area contributed by atoms with E-state index in [9.17, 15) is 9.59 Å². The van der Waals surface area contributed by atoms with Crippen LogP contribution in [0.2, 0.25) is 0 Å². The first kappa shape index (κ1) is 13.9. The maximum atomic E-state index is 11.2. The largest absolute Gasteiger partial charge is 0.380 e. The van der Waals surface area contributed by atoms with Crippen molar-refractivity contribution in [3.63, 3.8) is 0 Å². The monoisotopic (exact) mass is 215 g/mol. The standard InChI is InChI=1S/C10H19N2O3/c1-3-15-7-6-12-9(13)5-4-8(2)10(11)14/h5,8H,3-4,6-7H2,1-2H3,(H2,11,14)(H,12,13)/t8-/m0/s1. The lowest BCUT2D eigenvalue weighted by Crippen LogP contribution is -2.29. The summed E-state index contributed by atoms with van der Waals surface area (Å²) < 4.78 is 5.04. The van der Waals surface area contributed by atoms with Crippen molar-refractivity contribution in [1.29, 1.82) is 0 Å². The molecule has 0 fully saturated rings. The van der Waals surface area contributed by atoms with E-state index in [0.29, 0.717) is 26.2 Å². The van der Waals surface area contributed by atoms with Gasteiger partial charge < -0.3 is 15.8 Å². The Balaban J connectivity index is 3.45. The smallest absolute Gasteiger partial charge is 0.224 e. The molecule has 5 nitrogen and oxygen atoms in total. The molecule has 0 aromatic carbocycles. The van der Waals surface area contributed by atoms with Crippen molar-refractivity contribution < 1.29 is 14.3 Å². The molecule has 0 saturated carbocycles. The zero-order valence-electron chi connectivity index (χ0n) is 9.29. The van der Waals surface area contributed by atoms with Gasteiger partial charge in [-0.15, -0.1) is 0 Å². The predicted octanol–water partition coefficient (Wildman–Crippen LogP) is -0.145. The lowest BCUT2D eigenvalue weighted by molar-refractivity contribution is -0.121. The van der Waals surface area contributed by atoms with Gasteiger partial charge in [-0.05, 0) is 13.3 Å². The van der Waals surface area contributed by atoms with Gasteiger partial charge in [-0.25, -0.2) is 0 Å². The summed E-state index contributed by atoms with van der Waals surface area (Å²) in [6, 6.07) is 0. The number of nitrogens with one attached hydrogen (secondary N) is 1. The van der Waals surface area contributed by atoms with E-state index in [-0.39, 0.29) is 11.8 Å². The molecule has 0 aromatic rings. The number of primary amides is 1. The number of nitrogens with two attached hydrogens (primary N) is 1. The van der Waals surface area contributed by atoms with Gasteiger partial charge >= 0.3 is 0 Å². The highest BCUT2D eigenvalue weighted by atomic mass is 16.5. The lowest BCUT2D eigenvalue weighted by atomic mass is 10.1. The zero-order valence-corrected chi connectivity index (χ0v) is 9.29. The van der Waals surface area contributed by atoms with E-state index in [4.69, 9.17) is 10.5 Å². The lowest BCUT2D eigenvalue weighted by Gasteiger charge is -2.07. The third-order valence-corrected chi connectivity index (χ3v) is 1.89. The SMILES string of the molecule is CCOCCNC(=O)[CH]C[C@H](C)C(N)=O. The van der Waals surface area contributed by atoms with E-state index in [1.807, 2.05) is 6.92 Å². The van der Waals surface area contributed by atoms with Gasteiger partial charge in [-0.2, -0.15) is 0 Å². The number of ether oxygens (including phenoxy) is 1. The van der Waals surface area contributed by atoms with Gasteiger partial charge in [0.1, 0.15) is 0 Å². The Kier molecular flexibility index (Phi) is 7.62. The van der Waals surface area contributed by atoms with Crippen LogP contribution in [0.4, 0.5) is 0 Å². The van der Waals surface area contributed by atoms with Crippen LogP contribution < -0.4 is 11.1 Å². The van der Waals surface area contributed by atoms with Gasteiger partial charge in [0.2, 0.25) is 11.8 Å². The number of carbonyl (C=O) groups is 2. The molecule has 3 N–H and O–H groups in total. The minimum Gasteiger partial charge on any atom is -0.380 e. The predicted molar refractivity (Wildman–Crippen MR) is 56.8 cm³/mol. The Morgan fingerprint density at radius 2 is 2.20 bits per heavy atom. The van der Waals surface area contributed by atoms with Crippen LogP contribution in [0.15, 0.2) is 0 Å². The molecular weight excluding hydrogens is 196 g/mol. The highest BCUT2D eigenvalue weighted by molar-refractivity contribution is 5.85. The fourth-order valence-electron chi connectivity index (χ4n) is 0.863. The summed E-state index contributed by atoms with van der Waals surface area (Å²) in [5.74, 6) is -0.890. The summed E-state index contributed by atoms with van der Waals surface area (Å²) in [7, 11) is 0. The van der Waals surface area contributed by atoms with Gasteiger partial charge in [-0.1, -0.05) is 6.92 Å². The molecule has 1 radical (unpaired) electrons. The summed E-state index contributed by atoms with van der Waals surface area (Å²) >= 11 is 0. The minimum absolute atomic E-state index is 0.192. The fourth-order valence-corrected chi connectivity index (χ4v) is 0.863. The summed E-state index contributed by atoms with van der Waals surface area (Å²) in [6.07, 6.45) is 1.80. The second-order valence-corrected chi connectivity index (χ2v) is 3.23. The quantitative estimate of drug-likeness (QED) is 0.553. The number of hydrogen-bond acceptors (Lipinski definition) is 3. The molecule has 2 amide bonds. The first-order valence-corrected chi connectivity index (χ1v) is 5.06. The Labute approximate surface area is 90.4 Å². The number of carbonyl (C=O) groups excluding carboxylic acids is 2. The summed E-state index contributed by atoms with van der Waals surface area (Å²) in [5, 5.41) is 2.64. The average molecular weight is 215 g/mol. The second kappa shape index (κ2) is 8.23. The van der Waals surface area contributed by atoms with Crippen LogP contribution in [0.1, 0.15) is 20.3 Å². The van der Waals surface area contributed by atoms with Crippen LogP contribution in [0.5, 0.6) is 0 Å². The minimum atomic E-state index is -0.395. The molecule has 0 rings (SSSR count). The van der Waals surface area contributed by atoms with Crippen molar-refractivity contribution in [2.45, 2.75) is 20.3 Å². The van der Waals surface area contributed by atoms with Crippen molar-refractivity contribution in [2.75, 3.05) is 19.8 Å². The van der Waals surface area contributed by atoms with Gasteiger partial charge in [0.15, 0.2) is 0 Å².